The lowest BCUT2D eigenvalue weighted by Gasteiger charge is -2.11. The molecule has 0 bridgehead atoms. The first-order valence-electron chi connectivity index (χ1n) is 9.08. The van der Waals surface area contributed by atoms with Crippen molar-refractivity contribution < 1.29 is 13.9 Å². The SMILES string of the molecule is COc1ccc(C(=O)CSc2nnc(-c3ccncc3)n2-c2ccccc2F)cc1. The van der Waals surface area contributed by atoms with Crippen molar-refractivity contribution in [1.29, 1.82) is 0 Å². The van der Waals surface area contributed by atoms with Gasteiger partial charge in [0.1, 0.15) is 11.6 Å². The van der Waals surface area contributed by atoms with Gasteiger partial charge in [-0.1, -0.05) is 23.9 Å². The standard InChI is InChI=1S/C22H17FN4O2S/c1-29-17-8-6-15(7-9-17)20(28)14-30-22-26-25-21(16-10-12-24-13-11-16)27(22)19-5-3-2-4-18(19)23/h2-13H,14H2,1H3. The highest BCUT2D eigenvalue weighted by Gasteiger charge is 2.19. The third-order valence-corrected chi connectivity index (χ3v) is 5.34. The Balaban J connectivity index is 1.65. The number of ether oxygens (including phenoxy) is 1. The predicted octanol–water partition coefficient (Wildman–Crippen LogP) is 4.45. The Morgan fingerprint density at radius 1 is 1.03 bits per heavy atom. The molecule has 2 heterocycles. The van der Waals surface area contributed by atoms with Gasteiger partial charge in [0.15, 0.2) is 16.8 Å². The maximum absolute atomic E-state index is 14.6. The van der Waals surface area contributed by atoms with Gasteiger partial charge in [0.25, 0.3) is 0 Å². The number of hydrogen-bond donors (Lipinski definition) is 0. The highest BCUT2D eigenvalue weighted by molar-refractivity contribution is 7.99. The van der Waals surface area contributed by atoms with Crippen molar-refractivity contribution in [2.75, 3.05) is 12.9 Å². The summed E-state index contributed by atoms with van der Waals surface area (Å²) in [6.07, 6.45) is 3.27. The fourth-order valence-electron chi connectivity index (χ4n) is 2.89. The molecule has 2 aromatic heterocycles. The van der Waals surface area contributed by atoms with E-state index in [4.69, 9.17) is 4.74 Å². The number of thioether (sulfide) groups is 1. The fourth-order valence-corrected chi connectivity index (χ4v) is 3.73. The van der Waals surface area contributed by atoms with Crippen molar-refractivity contribution >= 4 is 17.5 Å². The second-order valence-electron chi connectivity index (χ2n) is 6.27. The molecule has 0 saturated heterocycles. The fraction of sp³-hybridized carbons (Fsp3) is 0.0909. The second kappa shape index (κ2) is 8.87. The van der Waals surface area contributed by atoms with Gasteiger partial charge in [-0.05, 0) is 48.5 Å². The summed E-state index contributed by atoms with van der Waals surface area (Å²) in [5.41, 5.74) is 1.62. The van der Waals surface area contributed by atoms with Crippen molar-refractivity contribution in [3.8, 4) is 22.8 Å². The molecule has 4 rings (SSSR count). The molecule has 4 aromatic rings. The number of carbonyl (C=O) groups excluding carboxylic acids is 1. The summed E-state index contributed by atoms with van der Waals surface area (Å²) < 4.78 is 21.3. The zero-order valence-electron chi connectivity index (χ0n) is 16.0. The Morgan fingerprint density at radius 2 is 1.77 bits per heavy atom. The molecule has 0 unspecified atom stereocenters. The molecule has 0 amide bonds. The molecule has 0 radical (unpaired) electrons. The molecule has 150 valence electrons. The summed E-state index contributed by atoms with van der Waals surface area (Å²) in [5, 5.41) is 8.89. The highest BCUT2D eigenvalue weighted by Crippen LogP contribution is 2.29. The first kappa shape index (κ1) is 19.8. The number of methoxy groups -OCH3 is 1. The third-order valence-electron chi connectivity index (χ3n) is 4.41. The van der Waals surface area contributed by atoms with Gasteiger partial charge in [0.05, 0.1) is 18.6 Å². The van der Waals surface area contributed by atoms with Gasteiger partial charge in [-0.15, -0.1) is 10.2 Å². The molecule has 0 aliphatic heterocycles. The molecule has 0 atom stereocenters. The summed E-state index contributed by atoms with van der Waals surface area (Å²) >= 11 is 1.21. The maximum atomic E-state index is 14.6. The van der Waals surface area contributed by atoms with Crippen molar-refractivity contribution in [2.45, 2.75) is 5.16 Å². The van der Waals surface area contributed by atoms with E-state index < -0.39 is 5.82 Å². The van der Waals surface area contributed by atoms with Crippen LogP contribution in [0, 0.1) is 5.82 Å². The minimum absolute atomic E-state index is 0.0730. The number of ketones is 1. The van der Waals surface area contributed by atoms with Gasteiger partial charge in [0.2, 0.25) is 0 Å². The monoisotopic (exact) mass is 420 g/mol. The van der Waals surface area contributed by atoms with Crippen LogP contribution in [0.2, 0.25) is 0 Å². The summed E-state index contributed by atoms with van der Waals surface area (Å²) in [6.45, 7) is 0. The number of carbonyl (C=O) groups is 1. The van der Waals surface area contributed by atoms with Crippen molar-refractivity contribution in [3.63, 3.8) is 0 Å². The summed E-state index contributed by atoms with van der Waals surface area (Å²) in [6, 6.07) is 16.8. The van der Waals surface area contributed by atoms with E-state index in [1.807, 2.05) is 0 Å². The van der Waals surface area contributed by atoms with Crippen LogP contribution in [0.1, 0.15) is 10.4 Å². The number of hydrogen-bond acceptors (Lipinski definition) is 6. The molecule has 0 aliphatic rings. The minimum Gasteiger partial charge on any atom is -0.497 e. The van der Waals surface area contributed by atoms with Gasteiger partial charge in [-0.25, -0.2) is 4.39 Å². The molecule has 6 nitrogen and oxygen atoms in total. The molecule has 0 fully saturated rings. The normalized spacial score (nSPS) is 10.7. The van der Waals surface area contributed by atoms with E-state index in [0.29, 0.717) is 28.0 Å². The second-order valence-corrected chi connectivity index (χ2v) is 7.21. The number of para-hydroxylation sites is 1. The van der Waals surface area contributed by atoms with Crippen LogP contribution >= 0.6 is 11.8 Å². The number of halogens is 1. The lowest BCUT2D eigenvalue weighted by Crippen LogP contribution is -2.06. The van der Waals surface area contributed by atoms with Crippen LogP contribution in [0.5, 0.6) is 5.75 Å². The molecule has 0 N–H and O–H groups in total. The van der Waals surface area contributed by atoms with Gasteiger partial charge in [-0.3, -0.25) is 14.3 Å². The molecule has 0 aliphatic carbocycles. The van der Waals surface area contributed by atoms with Crippen LogP contribution in [0.25, 0.3) is 17.1 Å². The van der Waals surface area contributed by atoms with Crippen molar-refractivity contribution in [3.05, 3.63) is 84.4 Å². The summed E-state index contributed by atoms with van der Waals surface area (Å²) in [7, 11) is 1.57. The average Bonchev–Trinajstić information content (AvgIpc) is 3.22. The van der Waals surface area contributed by atoms with E-state index in [1.165, 1.54) is 17.8 Å². The molecule has 2 aromatic carbocycles. The summed E-state index contributed by atoms with van der Waals surface area (Å²) in [5.74, 6) is 0.810. The highest BCUT2D eigenvalue weighted by atomic mass is 32.2. The maximum Gasteiger partial charge on any atom is 0.196 e. The smallest absolute Gasteiger partial charge is 0.196 e. The van der Waals surface area contributed by atoms with Crippen LogP contribution in [-0.2, 0) is 0 Å². The van der Waals surface area contributed by atoms with Crippen LogP contribution in [0.4, 0.5) is 4.39 Å². The number of rotatable bonds is 7. The van der Waals surface area contributed by atoms with Gasteiger partial charge in [0, 0.05) is 23.5 Å². The van der Waals surface area contributed by atoms with Gasteiger partial charge in [-0.2, -0.15) is 0 Å². The lowest BCUT2D eigenvalue weighted by atomic mass is 10.1. The first-order valence-corrected chi connectivity index (χ1v) is 10.1. The quantitative estimate of drug-likeness (QED) is 0.325. The minimum atomic E-state index is -0.407. The number of nitrogens with zero attached hydrogens (tertiary/aromatic N) is 4. The van der Waals surface area contributed by atoms with Crippen LogP contribution in [-0.4, -0.2) is 38.4 Å². The number of pyridine rings is 1. The van der Waals surface area contributed by atoms with Crippen molar-refractivity contribution in [1.82, 2.24) is 19.7 Å². The molecule has 0 saturated carbocycles. The first-order chi connectivity index (χ1) is 14.7. The van der Waals surface area contributed by atoms with Crippen LogP contribution in [0.3, 0.4) is 0 Å². The molecule has 0 spiro atoms. The molecule has 30 heavy (non-hydrogen) atoms. The number of benzene rings is 2. The Bertz CT molecular complexity index is 1160. The van der Waals surface area contributed by atoms with Crippen LogP contribution in [0.15, 0.2) is 78.2 Å². The van der Waals surface area contributed by atoms with E-state index in [2.05, 4.69) is 15.2 Å². The van der Waals surface area contributed by atoms with E-state index in [0.717, 1.165) is 5.56 Å². The lowest BCUT2D eigenvalue weighted by molar-refractivity contribution is 0.102. The largest absolute Gasteiger partial charge is 0.497 e. The van der Waals surface area contributed by atoms with Gasteiger partial charge < -0.3 is 4.74 Å². The Hall–Kier alpha value is -3.52. The Labute approximate surface area is 176 Å². The average molecular weight is 420 g/mol. The molecular formula is C22H17FN4O2S. The van der Waals surface area contributed by atoms with E-state index in [9.17, 15) is 9.18 Å². The zero-order valence-corrected chi connectivity index (χ0v) is 16.8. The zero-order chi connectivity index (χ0) is 20.9. The van der Waals surface area contributed by atoms with Crippen LogP contribution < -0.4 is 4.74 Å². The van der Waals surface area contributed by atoms with E-state index in [-0.39, 0.29) is 11.5 Å². The Kier molecular flexibility index (Phi) is 5.85. The molecule has 8 heteroatoms. The van der Waals surface area contributed by atoms with E-state index >= 15 is 0 Å². The number of aromatic nitrogens is 4. The van der Waals surface area contributed by atoms with Gasteiger partial charge >= 0.3 is 0 Å². The third kappa shape index (κ3) is 4.08. The number of Topliss-reactive ketones (excluding diaryl/α,β-unsaturated/α-hetero) is 1. The van der Waals surface area contributed by atoms with E-state index in [1.54, 1.807) is 78.7 Å². The topological polar surface area (TPSA) is 69.9 Å². The predicted molar refractivity (Wildman–Crippen MR) is 113 cm³/mol. The summed E-state index contributed by atoms with van der Waals surface area (Å²) in [4.78, 5) is 16.6. The molecular weight excluding hydrogens is 403 g/mol. The van der Waals surface area contributed by atoms with Crippen molar-refractivity contribution in [2.24, 2.45) is 0 Å². The Morgan fingerprint density at radius 3 is 2.47 bits per heavy atom.